The van der Waals surface area contributed by atoms with Gasteiger partial charge in [0.15, 0.2) is 11.4 Å². The Morgan fingerprint density at radius 1 is 1.29 bits per heavy atom. The van der Waals surface area contributed by atoms with E-state index in [1.54, 1.807) is 7.11 Å². The Hall–Kier alpha value is -1.65. The van der Waals surface area contributed by atoms with Gasteiger partial charge in [0.05, 0.1) is 5.41 Å². The molecule has 0 amide bonds. The second kappa shape index (κ2) is 4.73. The maximum Gasteiger partial charge on any atom is 0.181 e. The maximum absolute atomic E-state index is 13.5. The highest BCUT2D eigenvalue weighted by Crippen LogP contribution is 2.72. The highest BCUT2D eigenvalue weighted by molar-refractivity contribution is 5.96. The second-order valence-electron chi connectivity index (χ2n) is 10.1. The van der Waals surface area contributed by atoms with E-state index in [-0.39, 0.29) is 22.7 Å². The van der Waals surface area contributed by atoms with Gasteiger partial charge in [0.25, 0.3) is 0 Å². The van der Waals surface area contributed by atoms with Gasteiger partial charge in [0.2, 0.25) is 0 Å². The summed E-state index contributed by atoms with van der Waals surface area (Å²) in [7, 11) is 1.68. The first-order valence-electron chi connectivity index (χ1n) is 10.9. The van der Waals surface area contributed by atoms with Crippen molar-refractivity contribution in [1.82, 2.24) is 4.90 Å². The van der Waals surface area contributed by atoms with Crippen LogP contribution in [-0.4, -0.2) is 48.6 Å². The normalized spacial score (nSPS) is 44.6. The smallest absolute Gasteiger partial charge is 0.181 e. The van der Waals surface area contributed by atoms with Crippen LogP contribution < -0.4 is 4.74 Å². The lowest BCUT2D eigenvalue weighted by Gasteiger charge is -2.68. The molecule has 4 heteroatoms. The third kappa shape index (κ3) is 1.49. The van der Waals surface area contributed by atoms with Crippen molar-refractivity contribution < 1.29 is 14.3 Å². The highest BCUT2D eigenvalue weighted by Gasteiger charge is 2.79. The van der Waals surface area contributed by atoms with Gasteiger partial charge in [-0.1, -0.05) is 18.2 Å². The SMILES string of the molecule is CO[C@]12C=C[C@@]3(CC1=O)[C@H]1Cc4ccc(C)c5c4[C@@]3(CCN1CC1CC1)[C@H]2O5. The number of rotatable bonds is 3. The largest absolute Gasteiger partial charge is 0.485 e. The predicted molar refractivity (Wildman–Crippen MR) is 105 cm³/mol. The first-order valence-corrected chi connectivity index (χ1v) is 10.9. The lowest BCUT2D eigenvalue weighted by molar-refractivity contribution is -0.193. The average molecular weight is 377 g/mol. The van der Waals surface area contributed by atoms with Crippen LogP contribution in [0.15, 0.2) is 24.3 Å². The molecular formula is C24H27NO3. The molecule has 2 spiro atoms. The molecule has 2 saturated carbocycles. The van der Waals surface area contributed by atoms with Gasteiger partial charge in [-0.25, -0.2) is 0 Å². The van der Waals surface area contributed by atoms with Crippen molar-refractivity contribution in [1.29, 1.82) is 0 Å². The average Bonchev–Trinajstić information content (AvgIpc) is 3.43. The third-order valence-electron chi connectivity index (χ3n) is 9.08. The number of Topliss-reactive ketones (excluding diaryl/α,β-unsaturated/α-hetero) is 1. The number of benzene rings is 1. The van der Waals surface area contributed by atoms with Gasteiger partial charge >= 0.3 is 0 Å². The van der Waals surface area contributed by atoms with Crippen LogP contribution in [0.1, 0.15) is 42.4 Å². The zero-order chi connectivity index (χ0) is 18.9. The predicted octanol–water partition coefficient (Wildman–Crippen LogP) is 2.95. The molecule has 8 rings (SSSR count). The summed E-state index contributed by atoms with van der Waals surface area (Å²) in [6.45, 7) is 4.44. The summed E-state index contributed by atoms with van der Waals surface area (Å²) in [6.07, 6.45) is 9.66. The van der Waals surface area contributed by atoms with Crippen molar-refractivity contribution in [2.45, 2.75) is 62.2 Å². The van der Waals surface area contributed by atoms with E-state index in [1.165, 1.54) is 36.1 Å². The summed E-state index contributed by atoms with van der Waals surface area (Å²) in [6, 6.07) is 4.93. The van der Waals surface area contributed by atoms with Crippen LogP contribution in [0, 0.1) is 18.3 Å². The van der Waals surface area contributed by atoms with Crippen LogP contribution >= 0.6 is 0 Å². The molecule has 0 unspecified atom stereocenters. The summed E-state index contributed by atoms with van der Waals surface area (Å²) >= 11 is 0. The summed E-state index contributed by atoms with van der Waals surface area (Å²) in [5, 5.41) is 0. The fourth-order valence-electron chi connectivity index (χ4n) is 7.66. The molecule has 3 fully saturated rings. The van der Waals surface area contributed by atoms with Gasteiger partial charge in [-0.05, 0) is 62.3 Å². The molecular weight excluding hydrogens is 350 g/mol. The summed E-state index contributed by atoms with van der Waals surface area (Å²) < 4.78 is 12.7. The van der Waals surface area contributed by atoms with Gasteiger partial charge in [0.1, 0.15) is 11.9 Å². The van der Waals surface area contributed by atoms with Gasteiger partial charge in [0, 0.05) is 37.1 Å². The number of methoxy groups -OCH3 is 1. The van der Waals surface area contributed by atoms with Crippen molar-refractivity contribution in [2.24, 2.45) is 11.3 Å². The molecule has 28 heavy (non-hydrogen) atoms. The number of ketones is 1. The van der Waals surface area contributed by atoms with Crippen LogP contribution in [0.25, 0.3) is 0 Å². The second-order valence-corrected chi connectivity index (χ2v) is 10.1. The fraction of sp³-hybridized carbons (Fsp3) is 0.625. The number of piperidine rings is 1. The molecule has 5 atom stereocenters. The topological polar surface area (TPSA) is 38.8 Å². The van der Waals surface area contributed by atoms with E-state index in [0.29, 0.717) is 12.5 Å². The lowest BCUT2D eigenvalue weighted by Crippen LogP contribution is -2.79. The quantitative estimate of drug-likeness (QED) is 0.760. The van der Waals surface area contributed by atoms with E-state index in [9.17, 15) is 4.79 Å². The molecule has 146 valence electrons. The number of carbonyl (C=O) groups is 1. The van der Waals surface area contributed by atoms with E-state index in [4.69, 9.17) is 9.47 Å². The van der Waals surface area contributed by atoms with Crippen molar-refractivity contribution in [2.75, 3.05) is 20.2 Å². The molecule has 1 aromatic carbocycles. The standard InChI is InChI=1S/C24H27NO3/c1-14-3-6-16-11-17-22-7-8-24(27-2,18(26)12-22)21-23(22,19(16)20(14)28-21)9-10-25(17)13-15-4-5-15/h3,6-8,15,17,21H,4-5,9-13H2,1-2H3/t17-,21-,22-,23+,24-/m1/s1. The molecule has 0 N–H and O–H groups in total. The molecule has 5 aliphatic carbocycles. The molecule has 1 saturated heterocycles. The minimum Gasteiger partial charge on any atom is -0.485 e. The van der Waals surface area contributed by atoms with Gasteiger partial charge in [-0.3, -0.25) is 9.69 Å². The van der Waals surface area contributed by atoms with E-state index >= 15 is 0 Å². The first-order chi connectivity index (χ1) is 13.6. The fourth-order valence-corrected chi connectivity index (χ4v) is 7.66. The number of hydrogen-bond donors (Lipinski definition) is 0. The minimum absolute atomic E-state index is 0.120. The molecule has 2 heterocycles. The highest BCUT2D eigenvalue weighted by atomic mass is 16.6. The number of ether oxygens (including phenoxy) is 2. The van der Waals surface area contributed by atoms with Crippen LogP contribution in [-0.2, 0) is 21.4 Å². The Morgan fingerprint density at radius 3 is 2.89 bits per heavy atom. The zero-order valence-corrected chi connectivity index (χ0v) is 16.7. The number of nitrogens with zero attached hydrogens (tertiary/aromatic N) is 1. The van der Waals surface area contributed by atoms with Crippen molar-refractivity contribution in [3.8, 4) is 5.75 Å². The number of fused-ring (bicyclic) bond motifs is 1. The summed E-state index contributed by atoms with van der Waals surface area (Å²) in [4.78, 5) is 16.2. The number of hydrogen-bond acceptors (Lipinski definition) is 4. The van der Waals surface area contributed by atoms with Crippen LogP contribution in [0.3, 0.4) is 0 Å². The minimum atomic E-state index is -0.926. The third-order valence-corrected chi connectivity index (χ3v) is 9.08. The molecule has 7 aliphatic rings. The number of carbonyl (C=O) groups excluding carboxylic acids is 1. The number of likely N-dealkylation sites (tertiary alicyclic amines) is 1. The van der Waals surface area contributed by atoms with Crippen molar-refractivity contribution >= 4 is 5.78 Å². The summed E-state index contributed by atoms with van der Waals surface area (Å²) in [5.41, 5.74) is 2.86. The van der Waals surface area contributed by atoms with Gasteiger partial charge in [-0.15, -0.1) is 0 Å². The Morgan fingerprint density at radius 2 is 2.14 bits per heavy atom. The Kier molecular flexibility index (Phi) is 2.74. The zero-order valence-electron chi connectivity index (χ0n) is 16.7. The molecule has 4 bridgehead atoms. The summed E-state index contributed by atoms with van der Waals surface area (Å²) in [5.74, 6) is 2.12. The van der Waals surface area contributed by atoms with E-state index in [1.807, 2.05) is 0 Å². The van der Waals surface area contributed by atoms with Gasteiger partial charge < -0.3 is 9.47 Å². The maximum atomic E-state index is 13.5. The van der Waals surface area contributed by atoms with E-state index < -0.39 is 5.60 Å². The first kappa shape index (κ1) is 16.2. The Labute approximate surface area is 165 Å². The van der Waals surface area contributed by atoms with E-state index in [0.717, 1.165) is 31.1 Å². The molecule has 2 aliphatic heterocycles. The molecule has 0 aromatic heterocycles. The lowest BCUT2D eigenvalue weighted by atomic mass is 9.38. The Balaban J connectivity index is 1.52. The monoisotopic (exact) mass is 377 g/mol. The molecule has 1 aromatic rings. The Bertz CT molecular complexity index is 965. The van der Waals surface area contributed by atoms with E-state index in [2.05, 4.69) is 36.1 Å². The van der Waals surface area contributed by atoms with Crippen LogP contribution in [0.2, 0.25) is 0 Å². The van der Waals surface area contributed by atoms with Crippen molar-refractivity contribution in [3.63, 3.8) is 0 Å². The van der Waals surface area contributed by atoms with Crippen molar-refractivity contribution in [3.05, 3.63) is 41.0 Å². The van der Waals surface area contributed by atoms with Crippen LogP contribution in [0.4, 0.5) is 0 Å². The van der Waals surface area contributed by atoms with Gasteiger partial charge in [-0.2, -0.15) is 0 Å². The molecule has 4 nitrogen and oxygen atoms in total. The van der Waals surface area contributed by atoms with Crippen LogP contribution in [0.5, 0.6) is 5.75 Å². The number of aryl methyl sites for hydroxylation is 1. The molecule has 0 radical (unpaired) electrons.